The highest BCUT2D eigenvalue weighted by atomic mass is 16.6. The van der Waals surface area contributed by atoms with Gasteiger partial charge >= 0.3 is 5.97 Å². The molecule has 1 N–H and O–H groups in total. The van der Waals surface area contributed by atoms with Crippen molar-refractivity contribution in [2.24, 2.45) is 5.92 Å². The van der Waals surface area contributed by atoms with Crippen molar-refractivity contribution in [1.82, 2.24) is 5.32 Å². The lowest BCUT2D eigenvalue weighted by atomic mass is 9.98. The molecular formula is C16H29NO4. The Morgan fingerprint density at radius 2 is 2.00 bits per heavy atom. The van der Waals surface area contributed by atoms with Crippen LogP contribution in [0.1, 0.15) is 60.3 Å². The topological polar surface area (TPSA) is 64.6 Å². The number of hydrogen-bond donors (Lipinski definition) is 1. The molecule has 3 atom stereocenters. The predicted molar refractivity (Wildman–Crippen MR) is 80.8 cm³/mol. The van der Waals surface area contributed by atoms with Crippen molar-refractivity contribution in [3.63, 3.8) is 0 Å². The summed E-state index contributed by atoms with van der Waals surface area (Å²) >= 11 is 0. The summed E-state index contributed by atoms with van der Waals surface area (Å²) in [4.78, 5) is 24.6. The van der Waals surface area contributed by atoms with E-state index >= 15 is 0 Å². The zero-order valence-electron chi connectivity index (χ0n) is 13.9. The Balaban J connectivity index is 2.69. The first kappa shape index (κ1) is 18.0. The monoisotopic (exact) mass is 299 g/mol. The van der Waals surface area contributed by atoms with Gasteiger partial charge in [-0.2, -0.15) is 0 Å². The molecule has 0 saturated carbocycles. The number of carbonyl (C=O) groups is 2. The van der Waals surface area contributed by atoms with Crippen molar-refractivity contribution in [3.05, 3.63) is 0 Å². The van der Waals surface area contributed by atoms with E-state index in [9.17, 15) is 9.59 Å². The quantitative estimate of drug-likeness (QED) is 0.792. The fourth-order valence-corrected chi connectivity index (χ4v) is 2.23. The number of carbonyl (C=O) groups excluding carboxylic acids is 2. The molecule has 0 radical (unpaired) electrons. The minimum absolute atomic E-state index is 0.0207. The van der Waals surface area contributed by atoms with E-state index in [-0.39, 0.29) is 17.8 Å². The van der Waals surface area contributed by atoms with Gasteiger partial charge in [-0.1, -0.05) is 20.3 Å². The van der Waals surface area contributed by atoms with Crippen LogP contribution >= 0.6 is 0 Å². The second-order valence-electron chi connectivity index (χ2n) is 6.76. The van der Waals surface area contributed by atoms with Gasteiger partial charge in [0.1, 0.15) is 17.7 Å². The second-order valence-corrected chi connectivity index (χ2v) is 6.76. The molecule has 21 heavy (non-hydrogen) atoms. The van der Waals surface area contributed by atoms with Gasteiger partial charge in [0, 0.05) is 6.61 Å². The molecular weight excluding hydrogens is 270 g/mol. The van der Waals surface area contributed by atoms with Crippen LogP contribution in [0.5, 0.6) is 0 Å². The van der Waals surface area contributed by atoms with Gasteiger partial charge in [0.25, 0.3) is 0 Å². The largest absolute Gasteiger partial charge is 0.458 e. The van der Waals surface area contributed by atoms with Crippen LogP contribution in [0.25, 0.3) is 0 Å². The highest BCUT2D eigenvalue weighted by Gasteiger charge is 2.33. The van der Waals surface area contributed by atoms with E-state index in [1.54, 1.807) is 0 Å². The van der Waals surface area contributed by atoms with Crippen LogP contribution < -0.4 is 5.32 Å². The molecule has 5 heteroatoms. The summed E-state index contributed by atoms with van der Waals surface area (Å²) < 4.78 is 10.9. The second kappa shape index (κ2) is 7.78. The van der Waals surface area contributed by atoms with E-state index in [1.807, 2.05) is 34.6 Å². The summed E-state index contributed by atoms with van der Waals surface area (Å²) in [5.74, 6) is -0.556. The van der Waals surface area contributed by atoms with Gasteiger partial charge in [-0.3, -0.25) is 4.79 Å². The van der Waals surface area contributed by atoms with Crippen LogP contribution in [0.2, 0.25) is 0 Å². The summed E-state index contributed by atoms with van der Waals surface area (Å²) in [7, 11) is 0. The van der Waals surface area contributed by atoms with E-state index in [0.29, 0.717) is 13.0 Å². The maximum Gasteiger partial charge on any atom is 0.329 e. The van der Waals surface area contributed by atoms with Gasteiger partial charge in [0.2, 0.25) is 5.91 Å². The standard InChI is InChI=1S/C16H29NO4/c1-6-11(2)13(15(19)21-16(3,4)5)17-14(18)12-9-7-8-10-20-12/h11-13H,6-10H2,1-5H3,(H,17,18)/t11-,12?,13-/m0/s1. The van der Waals surface area contributed by atoms with Crippen LogP contribution in [0.4, 0.5) is 0 Å². The van der Waals surface area contributed by atoms with Gasteiger partial charge < -0.3 is 14.8 Å². The molecule has 0 bridgehead atoms. The summed E-state index contributed by atoms with van der Waals surface area (Å²) in [5, 5.41) is 2.82. The molecule has 5 nitrogen and oxygen atoms in total. The van der Waals surface area contributed by atoms with Crippen molar-refractivity contribution >= 4 is 11.9 Å². The van der Waals surface area contributed by atoms with Crippen LogP contribution in [0.3, 0.4) is 0 Å². The Bertz CT molecular complexity index is 356. The van der Waals surface area contributed by atoms with Gasteiger partial charge in [0.15, 0.2) is 0 Å². The lowest BCUT2D eigenvalue weighted by molar-refractivity contribution is -0.161. The number of hydrogen-bond acceptors (Lipinski definition) is 4. The molecule has 122 valence electrons. The summed E-state index contributed by atoms with van der Waals surface area (Å²) in [6, 6.07) is -0.618. The average Bonchev–Trinajstić information content (AvgIpc) is 2.42. The van der Waals surface area contributed by atoms with Crippen LogP contribution in [-0.4, -0.2) is 36.2 Å². The fourth-order valence-electron chi connectivity index (χ4n) is 2.23. The number of rotatable bonds is 5. The predicted octanol–water partition coefficient (Wildman–Crippen LogP) is 2.43. The molecule has 1 unspecified atom stereocenters. The third-order valence-electron chi connectivity index (χ3n) is 3.64. The van der Waals surface area contributed by atoms with Crippen LogP contribution in [-0.2, 0) is 19.1 Å². The first-order chi connectivity index (χ1) is 9.74. The third-order valence-corrected chi connectivity index (χ3v) is 3.64. The van der Waals surface area contributed by atoms with Gasteiger partial charge in [0.05, 0.1) is 0 Å². The Morgan fingerprint density at radius 1 is 1.33 bits per heavy atom. The SMILES string of the molecule is CC[C@H](C)[C@H](NC(=O)C1CCCCO1)C(=O)OC(C)(C)C. The Kier molecular flexibility index (Phi) is 6.65. The molecule has 1 fully saturated rings. The number of nitrogens with one attached hydrogen (secondary N) is 1. The van der Waals surface area contributed by atoms with Crippen LogP contribution in [0.15, 0.2) is 0 Å². The van der Waals surface area contributed by atoms with Crippen LogP contribution in [0, 0.1) is 5.92 Å². The molecule has 0 aromatic carbocycles. The average molecular weight is 299 g/mol. The molecule has 0 aliphatic carbocycles. The molecule has 0 aromatic rings. The first-order valence-electron chi connectivity index (χ1n) is 7.89. The Hall–Kier alpha value is -1.10. The zero-order chi connectivity index (χ0) is 16.0. The first-order valence-corrected chi connectivity index (χ1v) is 7.89. The fraction of sp³-hybridized carbons (Fsp3) is 0.875. The minimum Gasteiger partial charge on any atom is -0.458 e. The highest BCUT2D eigenvalue weighted by Crippen LogP contribution is 2.17. The molecule has 0 spiro atoms. The van der Waals surface area contributed by atoms with E-state index in [0.717, 1.165) is 19.3 Å². The lowest BCUT2D eigenvalue weighted by Gasteiger charge is -2.29. The number of esters is 1. The molecule has 1 heterocycles. The molecule has 1 aliphatic heterocycles. The maximum absolute atomic E-state index is 12.3. The summed E-state index contributed by atoms with van der Waals surface area (Å²) in [6.07, 6.45) is 3.04. The van der Waals surface area contributed by atoms with Crippen molar-refractivity contribution in [2.75, 3.05) is 6.61 Å². The van der Waals surface area contributed by atoms with Crippen molar-refractivity contribution < 1.29 is 19.1 Å². The van der Waals surface area contributed by atoms with Gasteiger partial charge in [-0.25, -0.2) is 4.79 Å². The smallest absolute Gasteiger partial charge is 0.329 e. The lowest BCUT2D eigenvalue weighted by Crippen LogP contribution is -2.51. The zero-order valence-corrected chi connectivity index (χ0v) is 13.9. The van der Waals surface area contributed by atoms with E-state index in [4.69, 9.17) is 9.47 Å². The minimum atomic E-state index is -0.618. The number of amides is 1. The van der Waals surface area contributed by atoms with Crippen molar-refractivity contribution in [2.45, 2.75) is 78.0 Å². The third kappa shape index (κ3) is 6.04. The molecule has 1 aliphatic rings. The van der Waals surface area contributed by atoms with E-state index < -0.39 is 17.7 Å². The van der Waals surface area contributed by atoms with Gasteiger partial charge in [-0.05, 0) is 46.0 Å². The highest BCUT2D eigenvalue weighted by molar-refractivity contribution is 5.87. The van der Waals surface area contributed by atoms with E-state index in [1.165, 1.54) is 0 Å². The molecule has 1 rings (SSSR count). The maximum atomic E-state index is 12.3. The molecule has 0 aromatic heterocycles. The van der Waals surface area contributed by atoms with Gasteiger partial charge in [-0.15, -0.1) is 0 Å². The molecule has 1 saturated heterocycles. The van der Waals surface area contributed by atoms with Crippen molar-refractivity contribution in [1.29, 1.82) is 0 Å². The Labute approximate surface area is 127 Å². The normalized spacial score (nSPS) is 22.2. The number of ether oxygens (including phenoxy) is 2. The Morgan fingerprint density at radius 3 is 2.48 bits per heavy atom. The molecule has 1 amide bonds. The van der Waals surface area contributed by atoms with E-state index in [2.05, 4.69) is 5.32 Å². The summed E-state index contributed by atoms with van der Waals surface area (Å²) in [5.41, 5.74) is -0.561. The summed E-state index contributed by atoms with van der Waals surface area (Å²) in [6.45, 7) is 10.0. The van der Waals surface area contributed by atoms with Crippen molar-refractivity contribution in [3.8, 4) is 0 Å².